The molecule has 100 valence electrons. The minimum Gasteiger partial charge on any atom is -0.508 e. The Hall–Kier alpha value is -2.24. The van der Waals surface area contributed by atoms with E-state index in [2.05, 4.69) is 0 Å². The monoisotopic (exact) mass is 263 g/mol. The van der Waals surface area contributed by atoms with Crippen LogP contribution >= 0.6 is 0 Å². The Morgan fingerprint density at radius 2 is 2.21 bits per heavy atom. The fraction of sp³-hybridized carbons (Fsp3) is 0.385. The average molecular weight is 263 g/mol. The van der Waals surface area contributed by atoms with Gasteiger partial charge < -0.3 is 19.8 Å². The van der Waals surface area contributed by atoms with Crippen molar-refractivity contribution in [3.05, 3.63) is 23.8 Å². The second kappa shape index (κ2) is 3.88. The Bertz CT molecular complexity index is 554. The molecule has 1 aromatic carbocycles. The molecular weight excluding hydrogens is 250 g/mol. The lowest BCUT2D eigenvalue weighted by Gasteiger charge is -2.34. The zero-order valence-electron chi connectivity index (χ0n) is 10.1. The number of ether oxygens (including phenoxy) is 1. The molecule has 1 fully saturated rings. The highest BCUT2D eigenvalue weighted by molar-refractivity contribution is 5.86. The van der Waals surface area contributed by atoms with Crippen LogP contribution in [0.5, 0.6) is 11.5 Å². The molecule has 0 bridgehead atoms. The number of nitrogens with zero attached hydrogens (tertiary/aromatic N) is 1. The van der Waals surface area contributed by atoms with E-state index in [1.807, 2.05) is 0 Å². The number of rotatable bonds is 4. The van der Waals surface area contributed by atoms with Crippen LogP contribution < -0.4 is 4.74 Å². The predicted octanol–water partition coefficient (Wildman–Crippen LogP) is 0.685. The van der Waals surface area contributed by atoms with Crippen molar-refractivity contribution >= 4 is 12.4 Å². The third kappa shape index (κ3) is 1.56. The van der Waals surface area contributed by atoms with Crippen LogP contribution in [0, 0.1) is 0 Å². The molecule has 1 amide bonds. The van der Waals surface area contributed by atoms with E-state index < -0.39 is 11.5 Å². The number of fused-ring (bicyclic) bond motifs is 1. The number of carboxylic acid groups (broad SMARTS) is 1. The topological polar surface area (TPSA) is 87.1 Å². The molecular formula is C13H13NO5. The van der Waals surface area contributed by atoms with Crippen LogP contribution in [0.1, 0.15) is 18.4 Å². The summed E-state index contributed by atoms with van der Waals surface area (Å²) in [7, 11) is 0. The van der Waals surface area contributed by atoms with Gasteiger partial charge in [-0.15, -0.1) is 0 Å². The van der Waals surface area contributed by atoms with Gasteiger partial charge in [-0.2, -0.15) is 0 Å². The highest BCUT2D eigenvalue weighted by Crippen LogP contribution is 2.46. The fourth-order valence-corrected chi connectivity index (χ4v) is 2.57. The molecule has 1 atom stereocenters. The van der Waals surface area contributed by atoms with E-state index in [4.69, 9.17) is 4.74 Å². The Morgan fingerprint density at radius 1 is 1.47 bits per heavy atom. The molecule has 1 aliphatic carbocycles. The molecule has 1 aromatic rings. The Balaban J connectivity index is 2.14. The van der Waals surface area contributed by atoms with Crippen molar-refractivity contribution in [2.75, 3.05) is 6.61 Å². The van der Waals surface area contributed by atoms with Crippen LogP contribution in [0.3, 0.4) is 0 Å². The predicted molar refractivity (Wildman–Crippen MR) is 63.8 cm³/mol. The van der Waals surface area contributed by atoms with E-state index in [1.54, 1.807) is 0 Å². The summed E-state index contributed by atoms with van der Waals surface area (Å²) >= 11 is 0. The van der Waals surface area contributed by atoms with Crippen molar-refractivity contribution < 1.29 is 24.5 Å². The van der Waals surface area contributed by atoms with Gasteiger partial charge in [-0.3, -0.25) is 4.79 Å². The zero-order valence-corrected chi connectivity index (χ0v) is 10.1. The summed E-state index contributed by atoms with van der Waals surface area (Å²) in [6.45, 7) is -0.129. The van der Waals surface area contributed by atoms with Gasteiger partial charge in [0.25, 0.3) is 0 Å². The number of hydrogen-bond acceptors (Lipinski definition) is 4. The molecule has 2 aliphatic rings. The third-order valence-corrected chi connectivity index (χ3v) is 3.70. The smallest absolute Gasteiger partial charge is 0.338 e. The van der Waals surface area contributed by atoms with Gasteiger partial charge in [0.05, 0.1) is 0 Å². The quantitative estimate of drug-likeness (QED) is 0.780. The Labute approximate surface area is 109 Å². The maximum atomic E-state index is 11.8. The number of phenols is 1. The first kappa shape index (κ1) is 11.8. The summed E-state index contributed by atoms with van der Waals surface area (Å²) in [4.78, 5) is 24.4. The van der Waals surface area contributed by atoms with E-state index >= 15 is 0 Å². The number of carbonyl (C=O) groups is 2. The normalized spacial score (nSPS) is 24.4. The summed E-state index contributed by atoms with van der Waals surface area (Å²) in [6, 6.07) is 4.23. The number of aromatic hydroxyl groups is 1. The van der Waals surface area contributed by atoms with E-state index in [1.165, 1.54) is 23.1 Å². The number of benzene rings is 1. The SMILES string of the molecule is O=CN(C1CC1)C1(C(=O)O)COc2cc(O)ccc21. The van der Waals surface area contributed by atoms with E-state index in [0.29, 0.717) is 17.7 Å². The lowest BCUT2D eigenvalue weighted by molar-refractivity contribution is -0.157. The molecule has 1 aliphatic heterocycles. The maximum Gasteiger partial charge on any atom is 0.338 e. The summed E-state index contributed by atoms with van der Waals surface area (Å²) in [5.74, 6) is -0.796. The first-order valence-electron chi connectivity index (χ1n) is 6.03. The van der Waals surface area contributed by atoms with Crippen LogP contribution in [0.4, 0.5) is 0 Å². The van der Waals surface area contributed by atoms with Crippen molar-refractivity contribution in [3.8, 4) is 11.5 Å². The van der Waals surface area contributed by atoms with Gasteiger partial charge in [-0.25, -0.2) is 4.79 Å². The number of carboxylic acids is 1. The van der Waals surface area contributed by atoms with Crippen molar-refractivity contribution in [1.29, 1.82) is 0 Å². The highest BCUT2D eigenvalue weighted by atomic mass is 16.5. The van der Waals surface area contributed by atoms with Gasteiger partial charge in [0, 0.05) is 17.7 Å². The molecule has 0 aromatic heterocycles. The number of amides is 1. The van der Waals surface area contributed by atoms with Gasteiger partial charge in [0.2, 0.25) is 11.9 Å². The summed E-state index contributed by atoms with van der Waals surface area (Å²) in [6.07, 6.45) is 2.19. The summed E-state index contributed by atoms with van der Waals surface area (Å²) in [5.41, 5.74) is -1.07. The molecule has 6 nitrogen and oxygen atoms in total. The van der Waals surface area contributed by atoms with Crippen LogP contribution in [-0.2, 0) is 15.1 Å². The Kier molecular flexibility index (Phi) is 2.41. The van der Waals surface area contributed by atoms with Crippen molar-refractivity contribution in [2.24, 2.45) is 0 Å². The van der Waals surface area contributed by atoms with Crippen molar-refractivity contribution in [1.82, 2.24) is 4.90 Å². The number of carbonyl (C=O) groups excluding carboxylic acids is 1. The van der Waals surface area contributed by atoms with E-state index in [0.717, 1.165) is 12.8 Å². The molecule has 0 radical (unpaired) electrons. The molecule has 2 N–H and O–H groups in total. The first-order valence-corrected chi connectivity index (χ1v) is 6.03. The number of aliphatic carboxylic acids is 1. The van der Waals surface area contributed by atoms with Crippen molar-refractivity contribution in [3.63, 3.8) is 0 Å². The lowest BCUT2D eigenvalue weighted by Crippen LogP contribution is -2.53. The minimum atomic E-state index is -1.48. The third-order valence-electron chi connectivity index (χ3n) is 3.70. The van der Waals surface area contributed by atoms with Gasteiger partial charge in [0.15, 0.2) is 0 Å². The van der Waals surface area contributed by atoms with E-state index in [9.17, 15) is 19.8 Å². The summed E-state index contributed by atoms with van der Waals surface area (Å²) < 4.78 is 5.38. The van der Waals surface area contributed by atoms with Crippen molar-refractivity contribution in [2.45, 2.75) is 24.4 Å². The largest absolute Gasteiger partial charge is 0.508 e. The fourth-order valence-electron chi connectivity index (χ4n) is 2.57. The molecule has 6 heteroatoms. The second-order valence-electron chi connectivity index (χ2n) is 4.88. The van der Waals surface area contributed by atoms with Crippen LogP contribution in [0.25, 0.3) is 0 Å². The van der Waals surface area contributed by atoms with Crippen LogP contribution in [-0.4, -0.2) is 40.1 Å². The van der Waals surface area contributed by atoms with Gasteiger partial charge >= 0.3 is 5.97 Å². The van der Waals surface area contributed by atoms with Gasteiger partial charge in [-0.1, -0.05) is 0 Å². The average Bonchev–Trinajstić information content (AvgIpc) is 3.12. The van der Waals surface area contributed by atoms with E-state index in [-0.39, 0.29) is 18.4 Å². The molecule has 19 heavy (non-hydrogen) atoms. The second-order valence-corrected chi connectivity index (χ2v) is 4.88. The first-order chi connectivity index (χ1) is 9.09. The minimum absolute atomic E-state index is 0.00372. The highest BCUT2D eigenvalue weighted by Gasteiger charge is 2.56. The maximum absolute atomic E-state index is 11.8. The standard InChI is InChI=1S/C13H13NO5/c15-7-14(8-1-2-8)13(12(17)18)6-19-11-5-9(16)3-4-10(11)13/h3-5,7-8,16H,1-2,6H2,(H,17,18). The number of phenolic OH excluding ortho intramolecular Hbond substituents is 1. The number of hydrogen-bond donors (Lipinski definition) is 2. The molecule has 1 unspecified atom stereocenters. The van der Waals surface area contributed by atoms with Gasteiger partial charge in [-0.05, 0) is 25.0 Å². The molecule has 0 spiro atoms. The van der Waals surface area contributed by atoms with Crippen LogP contribution in [0.15, 0.2) is 18.2 Å². The lowest BCUT2D eigenvalue weighted by atomic mass is 9.90. The molecule has 1 heterocycles. The summed E-state index contributed by atoms with van der Waals surface area (Å²) in [5, 5.41) is 19.0. The zero-order chi connectivity index (χ0) is 13.6. The van der Waals surface area contributed by atoms with Gasteiger partial charge in [0.1, 0.15) is 18.1 Å². The molecule has 3 rings (SSSR count). The van der Waals surface area contributed by atoms with Crippen LogP contribution in [0.2, 0.25) is 0 Å². The molecule has 0 saturated heterocycles. The molecule has 1 saturated carbocycles. The Morgan fingerprint density at radius 3 is 2.79 bits per heavy atom.